The zero-order valence-corrected chi connectivity index (χ0v) is 16.0. The molecule has 0 aliphatic carbocycles. The van der Waals surface area contributed by atoms with Crippen molar-refractivity contribution in [2.45, 2.75) is 11.4 Å². The van der Waals surface area contributed by atoms with Crippen molar-refractivity contribution in [1.82, 2.24) is 15.2 Å². The molecule has 3 heterocycles. The third-order valence-electron chi connectivity index (χ3n) is 4.09. The minimum Gasteiger partial charge on any atom is -0.477 e. The molecular formula is C14H15N5O7S2. The Morgan fingerprint density at radius 2 is 2.29 bits per heavy atom. The van der Waals surface area contributed by atoms with Crippen LogP contribution in [0.4, 0.5) is 5.13 Å². The quantitative estimate of drug-likeness (QED) is 0.177. The molecular weight excluding hydrogens is 414 g/mol. The van der Waals surface area contributed by atoms with E-state index in [2.05, 4.69) is 15.5 Å². The number of thiazole rings is 1. The number of β-lactam (4-membered cyclic amide) rings is 1. The number of nitrogen functional groups attached to an aromatic ring is 1. The van der Waals surface area contributed by atoms with Crippen LogP contribution in [0.2, 0.25) is 0 Å². The van der Waals surface area contributed by atoms with Crippen molar-refractivity contribution in [2.75, 3.05) is 25.2 Å². The van der Waals surface area contributed by atoms with E-state index in [9.17, 15) is 23.7 Å². The van der Waals surface area contributed by atoms with Gasteiger partial charge in [-0.3, -0.25) is 18.7 Å². The van der Waals surface area contributed by atoms with Gasteiger partial charge in [-0.15, -0.1) is 11.3 Å². The van der Waals surface area contributed by atoms with Crippen molar-refractivity contribution in [2.24, 2.45) is 5.16 Å². The average molecular weight is 429 g/mol. The van der Waals surface area contributed by atoms with Gasteiger partial charge in [-0.05, 0) is 5.57 Å². The van der Waals surface area contributed by atoms with E-state index in [0.717, 1.165) is 16.2 Å². The number of aromatic nitrogens is 1. The van der Waals surface area contributed by atoms with E-state index in [1.807, 2.05) is 0 Å². The van der Waals surface area contributed by atoms with Gasteiger partial charge in [0.1, 0.15) is 22.8 Å². The van der Waals surface area contributed by atoms with Crippen LogP contribution >= 0.6 is 11.3 Å². The summed E-state index contributed by atoms with van der Waals surface area (Å²) in [7, 11) is -0.316. The van der Waals surface area contributed by atoms with Crippen LogP contribution in [0.1, 0.15) is 5.69 Å². The SMILES string of the molecule is COCC1=C(C(=O)O)N2C(=O)C(NC(=O)C(=NO)c3csc(N)n3)[C@H]2S(=O)C1. The largest absolute Gasteiger partial charge is 0.477 e. The molecule has 3 atom stereocenters. The van der Waals surface area contributed by atoms with Crippen LogP contribution in [0.5, 0.6) is 0 Å². The van der Waals surface area contributed by atoms with Crippen molar-refractivity contribution in [3.63, 3.8) is 0 Å². The zero-order valence-electron chi connectivity index (χ0n) is 14.3. The smallest absolute Gasteiger partial charge is 0.352 e. The molecule has 1 saturated heterocycles. The number of aliphatic carboxylic acids is 1. The highest BCUT2D eigenvalue weighted by Crippen LogP contribution is 2.35. The van der Waals surface area contributed by atoms with Crippen LogP contribution in [0, 0.1) is 0 Å². The highest BCUT2D eigenvalue weighted by atomic mass is 32.2. The van der Waals surface area contributed by atoms with Crippen molar-refractivity contribution in [3.05, 3.63) is 22.3 Å². The monoisotopic (exact) mass is 429 g/mol. The number of oxime groups is 1. The van der Waals surface area contributed by atoms with Crippen molar-refractivity contribution in [1.29, 1.82) is 0 Å². The number of hydrogen-bond acceptors (Lipinski definition) is 10. The van der Waals surface area contributed by atoms with Crippen molar-refractivity contribution in [3.8, 4) is 0 Å². The van der Waals surface area contributed by atoms with Gasteiger partial charge in [0.25, 0.3) is 11.8 Å². The first-order valence-electron chi connectivity index (χ1n) is 7.69. The second-order valence-corrected chi connectivity index (χ2v) is 8.21. The Balaban J connectivity index is 1.83. The fourth-order valence-electron chi connectivity index (χ4n) is 2.96. The molecule has 12 nitrogen and oxygen atoms in total. The molecule has 2 aliphatic heterocycles. The number of carbonyl (C=O) groups excluding carboxylic acids is 2. The van der Waals surface area contributed by atoms with Crippen LogP contribution in [-0.2, 0) is 29.9 Å². The first-order valence-corrected chi connectivity index (χ1v) is 9.95. The number of carboxylic acid groups (broad SMARTS) is 1. The second-order valence-electron chi connectivity index (χ2n) is 5.78. The molecule has 1 fully saturated rings. The Labute approximate surface area is 164 Å². The van der Waals surface area contributed by atoms with Crippen LogP contribution in [-0.4, -0.2) is 78.8 Å². The standard InChI is InChI=1S/C14H15N5O7S2/c1-26-2-5-4-28(25)12-8(11(21)19(12)9(5)13(22)23)17-10(20)7(18-24)6-3-27-14(15)16-6/h3,8,12,24H,2,4H2,1H3,(H2,15,16)(H,17,20)(H,22,23)/t8?,12-,28?/m1/s1. The normalized spacial score (nSPS) is 24.6. The molecule has 5 N–H and O–H groups in total. The van der Waals surface area contributed by atoms with Gasteiger partial charge in [0, 0.05) is 12.5 Å². The molecule has 14 heteroatoms. The number of anilines is 1. The van der Waals surface area contributed by atoms with Crippen molar-refractivity contribution >= 4 is 50.8 Å². The number of fused-ring (bicyclic) bond motifs is 1. The second kappa shape index (κ2) is 7.65. The summed E-state index contributed by atoms with van der Waals surface area (Å²) in [6.07, 6.45) is 0. The lowest BCUT2D eigenvalue weighted by Gasteiger charge is -2.48. The van der Waals surface area contributed by atoms with E-state index < -0.39 is 45.7 Å². The molecule has 0 bridgehead atoms. The molecule has 0 saturated carbocycles. The Hall–Kier alpha value is -2.84. The number of amides is 2. The zero-order chi connectivity index (χ0) is 20.6. The summed E-state index contributed by atoms with van der Waals surface area (Å²) in [6, 6.07) is -1.24. The van der Waals surface area contributed by atoms with Gasteiger partial charge in [0.05, 0.1) is 23.2 Å². The highest BCUT2D eigenvalue weighted by Gasteiger charge is 2.57. The number of nitrogens with two attached hydrogens (primary N) is 1. The van der Waals surface area contributed by atoms with Gasteiger partial charge in [-0.25, -0.2) is 9.78 Å². The number of carboxylic acids is 1. The number of hydrogen-bond donors (Lipinski definition) is 4. The van der Waals surface area contributed by atoms with Gasteiger partial charge >= 0.3 is 5.97 Å². The number of nitrogens with one attached hydrogen (secondary N) is 1. The number of carbonyl (C=O) groups is 3. The first kappa shape index (κ1) is 19.9. The molecule has 2 amide bonds. The minimum atomic E-state index is -1.67. The lowest BCUT2D eigenvalue weighted by Crippen LogP contribution is -2.74. The van der Waals surface area contributed by atoms with E-state index in [4.69, 9.17) is 15.7 Å². The van der Waals surface area contributed by atoms with E-state index in [0.29, 0.717) is 0 Å². The van der Waals surface area contributed by atoms with Crippen LogP contribution in [0.3, 0.4) is 0 Å². The van der Waals surface area contributed by atoms with E-state index >= 15 is 0 Å². The molecule has 28 heavy (non-hydrogen) atoms. The molecule has 2 aliphatic rings. The molecule has 2 unspecified atom stereocenters. The summed E-state index contributed by atoms with van der Waals surface area (Å²) in [6.45, 7) is -0.0898. The van der Waals surface area contributed by atoms with Gasteiger partial charge < -0.3 is 26.1 Å². The predicted molar refractivity (Wildman–Crippen MR) is 97.0 cm³/mol. The summed E-state index contributed by atoms with van der Waals surface area (Å²) in [4.78, 5) is 41.2. The summed E-state index contributed by atoms with van der Waals surface area (Å²) in [5.74, 6) is -3.15. The van der Waals surface area contributed by atoms with Gasteiger partial charge in [-0.1, -0.05) is 5.16 Å². The lowest BCUT2D eigenvalue weighted by molar-refractivity contribution is -0.150. The number of nitrogens with zero attached hydrogens (tertiary/aromatic N) is 3. The Kier molecular flexibility index (Phi) is 5.44. The molecule has 0 spiro atoms. The Morgan fingerprint density at radius 3 is 2.82 bits per heavy atom. The lowest BCUT2D eigenvalue weighted by atomic mass is 10.0. The topological polar surface area (TPSA) is 185 Å². The van der Waals surface area contributed by atoms with Gasteiger partial charge in [0.15, 0.2) is 10.8 Å². The maximum Gasteiger partial charge on any atom is 0.352 e. The molecule has 1 aromatic heterocycles. The number of rotatable bonds is 6. The predicted octanol–water partition coefficient (Wildman–Crippen LogP) is -1.70. The molecule has 1 aromatic rings. The number of ether oxygens (including phenoxy) is 1. The summed E-state index contributed by atoms with van der Waals surface area (Å²) < 4.78 is 17.5. The molecule has 150 valence electrons. The average Bonchev–Trinajstić information content (AvgIpc) is 3.06. The number of methoxy groups -OCH3 is 1. The fourth-order valence-corrected chi connectivity index (χ4v) is 5.17. The Morgan fingerprint density at radius 1 is 1.57 bits per heavy atom. The Bertz CT molecular complexity index is 940. The van der Waals surface area contributed by atoms with Gasteiger partial charge in [-0.2, -0.15) is 0 Å². The summed E-state index contributed by atoms with van der Waals surface area (Å²) >= 11 is 1.02. The fraction of sp³-hybridized carbons (Fsp3) is 0.357. The molecule has 0 aromatic carbocycles. The van der Waals surface area contributed by atoms with Crippen LogP contribution < -0.4 is 11.1 Å². The summed E-state index contributed by atoms with van der Waals surface area (Å²) in [5, 5.41) is 24.2. The van der Waals surface area contributed by atoms with E-state index in [-0.39, 0.29) is 34.5 Å². The first-order chi connectivity index (χ1) is 13.3. The van der Waals surface area contributed by atoms with E-state index in [1.54, 1.807) is 0 Å². The summed E-state index contributed by atoms with van der Waals surface area (Å²) in [5.41, 5.74) is 4.93. The maximum atomic E-state index is 12.5. The maximum absolute atomic E-state index is 12.5. The molecule has 3 rings (SSSR count). The third kappa shape index (κ3) is 3.25. The van der Waals surface area contributed by atoms with Crippen molar-refractivity contribution < 1.29 is 33.6 Å². The third-order valence-corrected chi connectivity index (χ3v) is 6.42. The highest BCUT2D eigenvalue weighted by molar-refractivity contribution is 7.86. The van der Waals surface area contributed by atoms with E-state index in [1.165, 1.54) is 12.5 Å². The minimum absolute atomic E-state index is 0.00407. The van der Waals surface area contributed by atoms with Crippen LogP contribution in [0.25, 0.3) is 0 Å². The van der Waals surface area contributed by atoms with Crippen LogP contribution in [0.15, 0.2) is 21.8 Å². The molecule has 0 radical (unpaired) electrons. The van der Waals surface area contributed by atoms with Gasteiger partial charge in [0.2, 0.25) is 0 Å².